The zero-order valence-electron chi connectivity index (χ0n) is 13.2. The molecule has 1 aromatic heterocycles. The van der Waals surface area contributed by atoms with Gasteiger partial charge in [0, 0.05) is 18.3 Å². The molecule has 1 aromatic carbocycles. The van der Waals surface area contributed by atoms with Gasteiger partial charge in [-0.3, -0.25) is 0 Å². The number of aryl methyl sites for hydroxylation is 1. The molecule has 4 nitrogen and oxygen atoms in total. The maximum Gasteiger partial charge on any atom is 0.168 e. The molecule has 0 aliphatic heterocycles. The van der Waals surface area contributed by atoms with Crippen LogP contribution in [0.15, 0.2) is 30.3 Å². The Hall–Kier alpha value is -2.10. The van der Waals surface area contributed by atoms with Crippen LogP contribution in [0.3, 0.4) is 0 Å². The standard InChI is InChI=1S/C17H23N3O/c1-5-18-16-9-13(4)19-17(20-16)11-21-15-8-6-7-14(10-15)12(2)3/h6-10,12H,5,11H2,1-4H3,(H,18,19,20). The number of ether oxygens (including phenoxy) is 1. The van der Waals surface area contributed by atoms with Crippen molar-refractivity contribution in [1.29, 1.82) is 0 Å². The molecule has 0 aliphatic rings. The molecular weight excluding hydrogens is 262 g/mol. The minimum atomic E-state index is 0.377. The average molecular weight is 285 g/mol. The minimum Gasteiger partial charge on any atom is -0.486 e. The Morgan fingerprint density at radius 3 is 2.71 bits per heavy atom. The van der Waals surface area contributed by atoms with E-state index < -0.39 is 0 Å². The largest absolute Gasteiger partial charge is 0.486 e. The molecule has 112 valence electrons. The number of anilines is 1. The van der Waals surface area contributed by atoms with Gasteiger partial charge in [0.1, 0.15) is 18.2 Å². The van der Waals surface area contributed by atoms with E-state index in [1.54, 1.807) is 0 Å². The monoisotopic (exact) mass is 285 g/mol. The zero-order chi connectivity index (χ0) is 15.2. The van der Waals surface area contributed by atoms with Crippen molar-refractivity contribution >= 4 is 5.82 Å². The number of hydrogen-bond acceptors (Lipinski definition) is 4. The van der Waals surface area contributed by atoms with Crippen LogP contribution < -0.4 is 10.1 Å². The quantitative estimate of drug-likeness (QED) is 0.874. The van der Waals surface area contributed by atoms with Crippen LogP contribution in [-0.4, -0.2) is 16.5 Å². The molecular formula is C17H23N3O. The van der Waals surface area contributed by atoms with E-state index in [9.17, 15) is 0 Å². The Morgan fingerprint density at radius 1 is 1.19 bits per heavy atom. The molecule has 0 atom stereocenters. The maximum atomic E-state index is 5.82. The van der Waals surface area contributed by atoms with Gasteiger partial charge in [-0.25, -0.2) is 9.97 Å². The second kappa shape index (κ2) is 7.07. The minimum absolute atomic E-state index is 0.377. The van der Waals surface area contributed by atoms with Gasteiger partial charge in [0.25, 0.3) is 0 Å². The molecule has 0 saturated carbocycles. The van der Waals surface area contributed by atoms with Crippen LogP contribution in [0.5, 0.6) is 5.75 Å². The number of nitrogens with zero attached hydrogens (tertiary/aromatic N) is 2. The molecule has 0 saturated heterocycles. The highest BCUT2D eigenvalue weighted by molar-refractivity contribution is 5.35. The molecule has 4 heteroatoms. The second-order valence-corrected chi connectivity index (χ2v) is 5.36. The van der Waals surface area contributed by atoms with Gasteiger partial charge in [-0.1, -0.05) is 26.0 Å². The van der Waals surface area contributed by atoms with Crippen molar-refractivity contribution < 1.29 is 4.74 Å². The summed E-state index contributed by atoms with van der Waals surface area (Å²) in [5.74, 6) is 2.89. The van der Waals surface area contributed by atoms with Gasteiger partial charge >= 0.3 is 0 Å². The lowest BCUT2D eigenvalue weighted by Gasteiger charge is -2.10. The van der Waals surface area contributed by atoms with E-state index in [0.717, 1.165) is 23.8 Å². The Balaban J connectivity index is 2.07. The summed E-state index contributed by atoms with van der Waals surface area (Å²) in [6.07, 6.45) is 0. The predicted molar refractivity (Wildman–Crippen MR) is 85.8 cm³/mol. The van der Waals surface area contributed by atoms with Crippen molar-refractivity contribution in [2.75, 3.05) is 11.9 Å². The van der Waals surface area contributed by atoms with Gasteiger partial charge in [0.15, 0.2) is 5.82 Å². The van der Waals surface area contributed by atoms with E-state index in [4.69, 9.17) is 4.74 Å². The van der Waals surface area contributed by atoms with Gasteiger partial charge in [-0.05, 0) is 37.5 Å². The van der Waals surface area contributed by atoms with Gasteiger partial charge < -0.3 is 10.1 Å². The van der Waals surface area contributed by atoms with E-state index in [2.05, 4.69) is 41.3 Å². The summed E-state index contributed by atoms with van der Waals surface area (Å²) >= 11 is 0. The topological polar surface area (TPSA) is 47.0 Å². The molecule has 0 amide bonds. The lowest BCUT2D eigenvalue weighted by molar-refractivity contribution is 0.295. The molecule has 1 heterocycles. The molecule has 0 radical (unpaired) electrons. The number of aromatic nitrogens is 2. The highest BCUT2D eigenvalue weighted by atomic mass is 16.5. The van der Waals surface area contributed by atoms with Crippen molar-refractivity contribution in [3.8, 4) is 5.75 Å². The Kier molecular flexibility index (Phi) is 5.14. The fraction of sp³-hybridized carbons (Fsp3) is 0.412. The van der Waals surface area contributed by atoms with Crippen LogP contribution in [0.25, 0.3) is 0 Å². The predicted octanol–water partition coefficient (Wildman–Crippen LogP) is 3.92. The molecule has 0 aliphatic carbocycles. The van der Waals surface area contributed by atoms with E-state index in [0.29, 0.717) is 18.3 Å². The molecule has 2 aromatic rings. The fourth-order valence-electron chi connectivity index (χ4n) is 2.08. The van der Waals surface area contributed by atoms with Crippen LogP contribution >= 0.6 is 0 Å². The SMILES string of the molecule is CCNc1cc(C)nc(COc2cccc(C(C)C)c2)n1. The summed E-state index contributed by atoms with van der Waals surface area (Å²) in [6.45, 7) is 9.57. The van der Waals surface area contributed by atoms with Gasteiger partial charge in [0.05, 0.1) is 0 Å². The summed E-state index contributed by atoms with van der Waals surface area (Å²) < 4.78 is 5.82. The maximum absolute atomic E-state index is 5.82. The van der Waals surface area contributed by atoms with Crippen LogP contribution in [-0.2, 0) is 6.61 Å². The fourth-order valence-corrected chi connectivity index (χ4v) is 2.08. The van der Waals surface area contributed by atoms with Crippen molar-refractivity contribution in [3.63, 3.8) is 0 Å². The number of nitrogens with one attached hydrogen (secondary N) is 1. The van der Waals surface area contributed by atoms with E-state index >= 15 is 0 Å². The number of benzene rings is 1. The zero-order valence-corrected chi connectivity index (χ0v) is 13.2. The van der Waals surface area contributed by atoms with Crippen molar-refractivity contribution in [2.45, 2.75) is 40.2 Å². The third-order valence-electron chi connectivity index (χ3n) is 3.15. The van der Waals surface area contributed by atoms with E-state index in [1.807, 2.05) is 32.0 Å². The Bertz CT molecular complexity index is 596. The summed E-state index contributed by atoms with van der Waals surface area (Å²) in [6, 6.07) is 10.1. The highest BCUT2D eigenvalue weighted by Crippen LogP contribution is 2.20. The number of rotatable bonds is 6. The molecule has 0 spiro atoms. The first-order chi connectivity index (χ1) is 10.1. The molecule has 0 unspecified atom stereocenters. The third kappa shape index (κ3) is 4.45. The smallest absolute Gasteiger partial charge is 0.168 e. The van der Waals surface area contributed by atoms with Crippen molar-refractivity contribution in [1.82, 2.24) is 9.97 Å². The van der Waals surface area contributed by atoms with Crippen LogP contribution in [0.1, 0.15) is 43.8 Å². The van der Waals surface area contributed by atoms with E-state index in [-0.39, 0.29) is 0 Å². The van der Waals surface area contributed by atoms with Crippen molar-refractivity contribution in [2.24, 2.45) is 0 Å². The molecule has 0 fully saturated rings. The van der Waals surface area contributed by atoms with Crippen LogP contribution in [0.4, 0.5) is 5.82 Å². The normalized spacial score (nSPS) is 10.7. The second-order valence-electron chi connectivity index (χ2n) is 5.36. The lowest BCUT2D eigenvalue weighted by Crippen LogP contribution is -2.07. The first kappa shape index (κ1) is 15.3. The summed E-state index contributed by atoms with van der Waals surface area (Å²) in [4.78, 5) is 8.86. The molecule has 2 rings (SSSR count). The van der Waals surface area contributed by atoms with E-state index in [1.165, 1.54) is 5.56 Å². The molecule has 1 N–H and O–H groups in total. The molecule has 0 bridgehead atoms. The first-order valence-corrected chi connectivity index (χ1v) is 7.39. The Labute approximate surface area is 126 Å². The summed E-state index contributed by atoms with van der Waals surface area (Å²) in [5, 5.41) is 3.20. The van der Waals surface area contributed by atoms with Gasteiger partial charge in [-0.2, -0.15) is 0 Å². The van der Waals surface area contributed by atoms with Crippen molar-refractivity contribution in [3.05, 3.63) is 47.4 Å². The van der Waals surface area contributed by atoms with Crippen LogP contribution in [0.2, 0.25) is 0 Å². The highest BCUT2D eigenvalue weighted by Gasteiger charge is 2.05. The Morgan fingerprint density at radius 2 is 2.00 bits per heavy atom. The molecule has 21 heavy (non-hydrogen) atoms. The van der Waals surface area contributed by atoms with Gasteiger partial charge in [-0.15, -0.1) is 0 Å². The van der Waals surface area contributed by atoms with Crippen LogP contribution in [0, 0.1) is 6.92 Å². The number of hydrogen-bond donors (Lipinski definition) is 1. The first-order valence-electron chi connectivity index (χ1n) is 7.39. The lowest BCUT2D eigenvalue weighted by atomic mass is 10.0. The average Bonchev–Trinajstić information content (AvgIpc) is 2.45. The summed E-state index contributed by atoms with van der Waals surface area (Å²) in [5.41, 5.74) is 2.21. The summed E-state index contributed by atoms with van der Waals surface area (Å²) in [7, 11) is 0. The van der Waals surface area contributed by atoms with Gasteiger partial charge in [0.2, 0.25) is 0 Å². The third-order valence-corrected chi connectivity index (χ3v) is 3.15.